The molecule has 0 aliphatic carbocycles. The van der Waals surface area contributed by atoms with Crippen molar-refractivity contribution in [1.29, 1.82) is 0 Å². The lowest BCUT2D eigenvalue weighted by molar-refractivity contribution is 0.0951. The van der Waals surface area contributed by atoms with Gasteiger partial charge in [-0.3, -0.25) is 14.4 Å². The van der Waals surface area contributed by atoms with E-state index in [0.717, 1.165) is 11.6 Å². The van der Waals surface area contributed by atoms with Crippen LogP contribution in [0.15, 0.2) is 83.7 Å². The number of nitrogens with one attached hydrogen (secondary N) is 3. The first kappa shape index (κ1) is 20.0. The summed E-state index contributed by atoms with van der Waals surface area (Å²) in [5.41, 5.74) is 1.99. The summed E-state index contributed by atoms with van der Waals surface area (Å²) >= 11 is 0. The van der Waals surface area contributed by atoms with Crippen molar-refractivity contribution in [2.45, 2.75) is 6.54 Å². The maximum absolute atomic E-state index is 13.3. The SMILES string of the molecule is O=C(Nc1cccc(CNC(=O)c2cc(=O)[nH]c3ccccc23)c1)c1cccc(F)c1. The first-order valence-corrected chi connectivity index (χ1v) is 9.56. The fraction of sp³-hybridized carbons (Fsp3) is 0.0417. The van der Waals surface area contributed by atoms with E-state index in [1.807, 2.05) is 0 Å². The number of amides is 2. The summed E-state index contributed by atoms with van der Waals surface area (Å²) in [6, 6.07) is 20.7. The predicted octanol–water partition coefficient (Wildman–Crippen LogP) is 3.85. The number of fused-ring (bicyclic) bond motifs is 1. The average molecular weight is 415 g/mol. The van der Waals surface area contributed by atoms with Gasteiger partial charge in [-0.15, -0.1) is 0 Å². The summed E-state index contributed by atoms with van der Waals surface area (Å²) in [5.74, 6) is -1.30. The normalized spacial score (nSPS) is 10.6. The number of aromatic amines is 1. The number of para-hydroxylation sites is 1. The number of H-pyrrole nitrogens is 1. The van der Waals surface area contributed by atoms with Gasteiger partial charge in [0.15, 0.2) is 0 Å². The summed E-state index contributed by atoms with van der Waals surface area (Å²) in [5, 5.41) is 6.16. The van der Waals surface area contributed by atoms with Gasteiger partial charge in [0.25, 0.3) is 11.8 Å². The van der Waals surface area contributed by atoms with E-state index in [4.69, 9.17) is 0 Å². The molecule has 3 N–H and O–H groups in total. The van der Waals surface area contributed by atoms with E-state index in [2.05, 4.69) is 15.6 Å². The molecule has 31 heavy (non-hydrogen) atoms. The molecule has 6 nitrogen and oxygen atoms in total. The second-order valence-corrected chi connectivity index (χ2v) is 6.94. The van der Waals surface area contributed by atoms with E-state index in [9.17, 15) is 18.8 Å². The van der Waals surface area contributed by atoms with Crippen LogP contribution < -0.4 is 16.2 Å². The van der Waals surface area contributed by atoms with Gasteiger partial charge < -0.3 is 15.6 Å². The third-order valence-electron chi connectivity index (χ3n) is 4.72. The third-order valence-corrected chi connectivity index (χ3v) is 4.72. The third kappa shape index (κ3) is 4.67. The number of halogens is 1. The summed E-state index contributed by atoms with van der Waals surface area (Å²) in [6.07, 6.45) is 0. The minimum Gasteiger partial charge on any atom is -0.348 e. The minimum atomic E-state index is -0.489. The Kier molecular flexibility index (Phi) is 5.57. The van der Waals surface area contributed by atoms with Crippen molar-refractivity contribution in [3.8, 4) is 0 Å². The van der Waals surface area contributed by atoms with Gasteiger partial charge in [0.1, 0.15) is 5.82 Å². The molecule has 0 unspecified atom stereocenters. The molecule has 0 saturated carbocycles. The van der Waals surface area contributed by atoms with Crippen LogP contribution in [0, 0.1) is 5.82 Å². The van der Waals surface area contributed by atoms with Crippen molar-refractivity contribution in [3.63, 3.8) is 0 Å². The Labute approximate surface area is 176 Å². The van der Waals surface area contributed by atoms with E-state index >= 15 is 0 Å². The van der Waals surface area contributed by atoms with Gasteiger partial charge in [-0.05, 0) is 42.0 Å². The van der Waals surface area contributed by atoms with Crippen molar-refractivity contribution in [3.05, 3.63) is 112 Å². The largest absolute Gasteiger partial charge is 0.348 e. The molecule has 0 aliphatic rings. The number of carbonyl (C=O) groups excluding carboxylic acids is 2. The van der Waals surface area contributed by atoms with Crippen LogP contribution in [0.4, 0.5) is 10.1 Å². The van der Waals surface area contributed by atoms with Gasteiger partial charge in [0, 0.05) is 34.8 Å². The minimum absolute atomic E-state index is 0.198. The van der Waals surface area contributed by atoms with Crippen LogP contribution in [-0.2, 0) is 6.54 Å². The van der Waals surface area contributed by atoms with Gasteiger partial charge in [-0.1, -0.05) is 36.4 Å². The Morgan fingerprint density at radius 3 is 2.52 bits per heavy atom. The highest BCUT2D eigenvalue weighted by Crippen LogP contribution is 2.16. The molecule has 0 bridgehead atoms. The molecule has 0 atom stereocenters. The molecule has 0 fully saturated rings. The molecule has 2 amide bonds. The van der Waals surface area contributed by atoms with E-state index in [1.165, 1.54) is 24.3 Å². The number of carbonyl (C=O) groups is 2. The van der Waals surface area contributed by atoms with E-state index < -0.39 is 11.7 Å². The monoisotopic (exact) mass is 415 g/mol. The maximum Gasteiger partial charge on any atom is 0.255 e. The zero-order valence-corrected chi connectivity index (χ0v) is 16.3. The fourth-order valence-corrected chi connectivity index (χ4v) is 3.26. The van der Waals surface area contributed by atoms with Crippen molar-refractivity contribution in [1.82, 2.24) is 10.3 Å². The Bertz CT molecular complexity index is 1350. The van der Waals surface area contributed by atoms with Gasteiger partial charge in [-0.25, -0.2) is 4.39 Å². The molecule has 0 spiro atoms. The van der Waals surface area contributed by atoms with Crippen LogP contribution in [0.2, 0.25) is 0 Å². The van der Waals surface area contributed by atoms with Crippen LogP contribution >= 0.6 is 0 Å². The average Bonchev–Trinajstić information content (AvgIpc) is 2.77. The second-order valence-electron chi connectivity index (χ2n) is 6.94. The summed E-state index contributed by atoms with van der Waals surface area (Å²) in [7, 11) is 0. The standard InChI is InChI=1S/C24H18FN3O3/c25-17-7-4-6-16(12-17)23(30)27-18-8-3-5-15(11-18)14-26-24(31)20-13-22(29)28-21-10-2-1-9-19(20)21/h1-13H,14H2,(H,26,31)(H,27,30)(H,28,29). The number of hydrogen-bond acceptors (Lipinski definition) is 3. The Morgan fingerprint density at radius 1 is 0.871 bits per heavy atom. The van der Waals surface area contributed by atoms with E-state index in [0.29, 0.717) is 16.6 Å². The molecule has 4 aromatic rings. The van der Waals surface area contributed by atoms with Crippen LogP contribution in [0.25, 0.3) is 10.9 Å². The lowest BCUT2D eigenvalue weighted by Gasteiger charge is -2.10. The summed E-state index contributed by atoms with van der Waals surface area (Å²) in [4.78, 5) is 39.6. The fourth-order valence-electron chi connectivity index (χ4n) is 3.26. The summed E-state index contributed by atoms with van der Waals surface area (Å²) < 4.78 is 13.3. The number of benzene rings is 3. The molecule has 154 valence electrons. The number of aromatic nitrogens is 1. The number of rotatable bonds is 5. The lowest BCUT2D eigenvalue weighted by atomic mass is 10.1. The quantitative estimate of drug-likeness (QED) is 0.462. The van der Waals surface area contributed by atoms with Gasteiger partial charge in [0.05, 0.1) is 5.56 Å². The van der Waals surface area contributed by atoms with Crippen molar-refractivity contribution < 1.29 is 14.0 Å². The predicted molar refractivity (Wildman–Crippen MR) is 117 cm³/mol. The van der Waals surface area contributed by atoms with Gasteiger partial charge in [-0.2, -0.15) is 0 Å². The lowest BCUT2D eigenvalue weighted by Crippen LogP contribution is -2.25. The molecule has 0 aliphatic heterocycles. The summed E-state index contributed by atoms with van der Waals surface area (Å²) in [6.45, 7) is 0.198. The Hall–Kier alpha value is -4.26. The van der Waals surface area contributed by atoms with Crippen molar-refractivity contribution >= 4 is 28.4 Å². The maximum atomic E-state index is 13.3. The topological polar surface area (TPSA) is 91.1 Å². The zero-order chi connectivity index (χ0) is 21.8. The van der Waals surface area contributed by atoms with E-state index in [1.54, 1.807) is 48.5 Å². The molecule has 3 aromatic carbocycles. The van der Waals surface area contributed by atoms with Crippen LogP contribution in [0.3, 0.4) is 0 Å². The van der Waals surface area contributed by atoms with Crippen LogP contribution in [-0.4, -0.2) is 16.8 Å². The van der Waals surface area contributed by atoms with Gasteiger partial charge >= 0.3 is 0 Å². The number of anilines is 1. The molecule has 0 saturated heterocycles. The molecular weight excluding hydrogens is 397 g/mol. The molecule has 1 aromatic heterocycles. The Balaban J connectivity index is 1.47. The highest BCUT2D eigenvalue weighted by Gasteiger charge is 2.12. The first-order valence-electron chi connectivity index (χ1n) is 9.56. The molecule has 1 heterocycles. The highest BCUT2D eigenvalue weighted by molar-refractivity contribution is 6.06. The molecular formula is C24H18FN3O3. The highest BCUT2D eigenvalue weighted by atomic mass is 19.1. The number of hydrogen-bond donors (Lipinski definition) is 3. The second kappa shape index (κ2) is 8.62. The van der Waals surface area contributed by atoms with Crippen molar-refractivity contribution in [2.24, 2.45) is 0 Å². The Morgan fingerprint density at radius 2 is 1.68 bits per heavy atom. The smallest absolute Gasteiger partial charge is 0.255 e. The molecule has 0 radical (unpaired) electrons. The number of pyridine rings is 1. The van der Waals surface area contributed by atoms with Crippen molar-refractivity contribution in [2.75, 3.05) is 5.32 Å². The van der Waals surface area contributed by atoms with E-state index in [-0.39, 0.29) is 29.1 Å². The van der Waals surface area contributed by atoms with Gasteiger partial charge in [0.2, 0.25) is 5.56 Å². The first-order chi connectivity index (χ1) is 15.0. The van der Waals surface area contributed by atoms with Crippen LogP contribution in [0.1, 0.15) is 26.3 Å². The molecule has 4 rings (SSSR count). The molecule has 7 heteroatoms. The zero-order valence-electron chi connectivity index (χ0n) is 16.3. The van der Waals surface area contributed by atoms with Crippen LogP contribution in [0.5, 0.6) is 0 Å².